The van der Waals surface area contributed by atoms with Gasteiger partial charge >= 0.3 is 0 Å². The molecule has 10 heteroatoms. The number of benzene rings is 1. The Bertz CT molecular complexity index is 1380. The van der Waals surface area contributed by atoms with Gasteiger partial charge in [-0.1, -0.05) is 23.7 Å². The van der Waals surface area contributed by atoms with Crippen molar-refractivity contribution in [3.05, 3.63) is 100.0 Å². The molecule has 0 radical (unpaired) electrons. The molecule has 32 heavy (non-hydrogen) atoms. The molecule has 4 aromatic rings. The minimum Gasteiger partial charge on any atom is -0.447 e. The van der Waals surface area contributed by atoms with Crippen LogP contribution in [0.4, 0.5) is 0 Å². The lowest BCUT2D eigenvalue weighted by Crippen LogP contribution is -2.15. The van der Waals surface area contributed by atoms with E-state index in [9.17, 15) is 4.79 Å². The van der Waals surface area contributed by atoms with E-state index in [0.29, 0.717) is 28.1 Å². The number of nitrogens with zero attached hydrogens (tertiary/aromatic N) is 5. The van der Waals surface area contributed by atoms with Crippen molar-refractivity contribution in [1.29, 1.82) is 0 Å². The molecule has 158 valence electrons. The molecule has 1 unspecified atom stereocenters. The summed E-state index contributed by atoms with van der Waals surface area (Å²) in [6.45, 7) is 0. The third-order valence-electron chi connectivity index (χ3n) is 4.73. The number of rotatable bonds is 5. The number of ether oxygens (including phenoxy) is 1. The van der Waals surface area contributed by atoms with Crippen LogP contribution in [0.15, 0.2) is 83.1 Å². The van der Waals surface area contributed by atoms with E-state index >= 15 is 0 Å². The molecule has 0 aliphatic carbocycles. The van der Waals surface area contributed by atoms with Gasteiger partial charge in [0.2, 0.25) is 17.7 Å². The van der Waals surface area contributed by atoms with Gasteiger partial charge in [0.1, 0.15) is 0 Å². The predicted molar refractivity (Wildman–Crippen MR) is 120 cm³/mol. The molecule has 0 saturated carbocycles. The van der Waals surface area contributed by atoms with Gasteiger partial charge in [-0.3, -0.25) is 19.8 Å². The molecule has 1 aliphatic rings. The van der Waals surface area contributed by atoms with Crippen LogP contribution in [0.25, 0.3) is 23.2 Å². The Morgan fingerprint density at radius 2 is 1.91 bits per heavy atom. The first-order valence-corrected chi connectivity index (χ1v) is 10.0. The van der Waals surface area contributed by atoms with Gasteiger partial charge < -0.3 is 9.72 Å². The number of nitrogens with one attached hydrogen (secondary N) is 2. The zero-order valence-corrected chi connectivity index (χ0v) is 17.3. The number of pyridine rings is 2. The highest BCUT2D eigenvalue weighted by molar-refractivity contribution is 6.32. The average molecular weight is 446 g/mol. The number of para-hydroxylation sites is 1. The van der Waals surface area contributed by atoms with Gasteiger partial charge in [0.05, 0.1) is 10.7 Å². The molecule has 9 nitrogen and oxygen atoms in total. The first-order valence-electron chi connectivity index (χ1n) is 9.66. The second-order valence-electron chi connectivity index (χ2n) is 6.80. The number of H-pyrrole nitrogens is 1. The number of hydrazone groups is 1. The van der Waals surface area contributed by atoms with Crippen molar-refractivity contribution >= 4 is 23.6 Å². The smallest absolute Gasteiger partial charge is 0.248 e. The van der Waals surface area contributed by atoms with Crippen LogP contribution < -0.4 is 11.0 Å². The maximum Gasteiger partial charge on any atom is 0.248 e. The normalized spacial score (nSPS) is 15.4. The van der Waals surface area contributed by atoms with Crippen LogP contribution in [0.3, 0.4) is 0 Å². The van der Waals surface area contributed by atoms with Crippen LogP contribution >= 0.6 is 11.6 Å². The van der Waals surface area contributed by atoms with E-state index in [1.807, 2.05) is 34.9 Å². The fourth-order valence-electron chi connectivity index (χ4n) is 3.25. The third kappa shape index (κ3) is 3.88. The van der Waals surface area contributed by atoms with Gasteiger partial charge in [0, 0.05) is 41.9 Å². The molecular weight excluding hydrogens is 430 g/mol. The highest BCUT2D eigenvalue weighted by Crippen LogP contribution is 2.28. The molecule has 1 atom stereocenters. The van der Waals surface area contributed by atoms with Crippen LogP contribution in [0, 0.1) is 0 Å². The summed E-state index contributed by atoms with van der Waals surface area (Å²) < 4.78 is 7.64. The van der Waals surface area contributed by atoms with Crippen molar-refractivity contribution in [2.45, 2.75) is 6.23 Å². The molecular formula is C22H16ClN7O2. The van der Waals surface area contributed by atoms with E-state index < -0.39 is 6.23 Å². The summed E-state index contributed by atoms with van der Waals surface area (Å²) in [5.74, 6) is 1.50. The lowest BCUT2D eigenvalue weighted by Gasteiger charge is -2.11. The van der Waals surface area contributed by atoms with Crippen molar-refractivity contribution in [1.82, 2.24) is 30.2 Å². The maximum absolute atomic E-state index is 11.5. The van der Waals surface area contributed by atoms with E-state index in [-0.39, 0.29) is 5.56 Å². The highest BCUT2D eigenvalue weighted by Gasteiger charge is 2.21. The lowest BCUT2D eigenvalue weighted by atomic mass is 10.2. The highest BCUT2D eigenvalue weighted by atomic mass is 35.5. The van der Waals surface area contributed by atoms with Gasteiger partial charge in [-0.15, -0.1) is 15.3 Å². The van der Waals surface area contributed by atoms with E-state index in [1.54, 1.807) is 42.9 Å². The second kappa shape index (κ2) is 8.48. The molecule has 4 heterocycles. The van der Waals surface area contributed by atoms with Crippen molar-refractivity contribution in [3.8, 4) is 17.1 Å². The Morgan fingerprint density at radius 1 is 1.06 bits per heavy atom. The maximum atomic E-state index is 11.5. The Balaban J connectivity index is 1.47. The molecule has 5 rings (SSSR count). The lowest BCUT2D eigenvalue weighted by molar-refractivity contribution is 0.192. The average Bonchev–Trinajstić information content (AvgIpc) is 3.46. The fraction of sp³-hybridized carbons (Fsp3) is 0.0455. The summed E-state index contributed by atoms with van der Waals surface area (Å²) >= 11 is 6.47. The predicted octanol–water partition coefficient (Wildman–Crippen LogP) is 3.32. The SMILES string of the molecule is O=c1cc(C2NN=C(/C=C/c3nnc(-c4ccncc4)n3-c3ccccc3Cl)O2)cc[nH]1. The second-order valence-corrected chi connectivity index (χ2v) is 7.21. The van der Waals surface area contributed by atoms with Crippen LogP contribution in [-0.4, -0.2) is 30.6 Å². The van der Waals surface area contributed by atoms with E-state index in [0.717, 1.165) is 11.3 Å². The molecule has 0 spiro atoms. The summed E-state index contributed by atoms with van der Waals surface area (Å²) in [5.41, 5.74) is 4.90. The third-order valence-corrected chi connectivity index (χ3v) is 5.05. The number of halogens is 1. The molecule has 3 aromatic heterocycles. The zero-order chi connectivity index (χ0) is 21.9. The Labute approximate surface area is 187 Å². The Kier molecular flexibility index (Phi) is 5.22. The van der Waals surface area contributed by atoms with Crippen LogP contribution in [0.2, 0.25) is 5.02 Å². The quantitative estimate of drug-likeness (QED) is 0.487. The van der Waals surface area contributed by atoms with Crippen LogP contribution in [-0.2, 0) is 4.74 Å². The summed E-state index contributed by atoms with van der Waals surface area (Å²) in [5, 5.41) is 13.4. The van der Waals surface area contributed by atoms with Crippen molar-refractivity contribution in [2.24, 2.45) is 5.10 Å². The monoisotopic (exact) mass is 445 g/mol. The molecule has 0 amide bonds. The molecule has 1 aliphatic heterocycles. The number of aromatic amines is 1. The Morgan fingerprint density at radius 3 is 2.72 bits per heavy atom. The molecule has 1 aromatic carbocycles. The topological polar surface area (TPSA) is 110 Å². The summed E-state index contributed by atoms with van der Waals surface area (Å²) in [4.78, 5) is 18.2. The summed E-state index contributed by atoms with van der Waals surface area (Å²) in [7, 11) is 0. The van der Waals surface area contributed by atoms with Crippen LogP contribution in [0.1, 0.15) is 17.6 Å². The van der Waals surface area contributed by atoms with E-state index in [4.69, 9.17) is 16.3 Å². The largest absolute Gasteiger partial charge is 0.447 e. The van der Waals surface area contributed by atoms with Gasteiger partial charge in [-0.25, -0.2) is 0 Å². The number of hydrogen-bond acceptors (Lipinski definition) is 7. The van der Waals surface area contributed by atoms with E-state index in [2.05, 4.69) is 30.7 Å². The molecule has 2 N–H and O–H groups in total. The first kappa shape index (κ1) is 19.7. The van der Waals surface area contributed by atoms with Crippen LogP contribution in [0.5, 0.6) is 0 Å². The van der Waals surface area contributed by atoms with E-state index in [1.165, 1.54) is 6.07 Å². The summed E-state index contributed by atoms with van der Waals surface area (Å²) in [6, 6.07) is 14.4. The van der Waals surface area contributed by atoms with Crippen molar-refractivity contribution in [3.63, 3.8) is 0 Å². The number of aromatic nitrogens is 5. The van der Waals surface area contributed by atoms with Crippen molar-refractivity contribution < 1.29 is 4.74 Å². The van der Waals surface area contributed by atoms with Gasteiger partial charge in [0.25, 0.3) is 0 Å². The summed E-state index contributed by atoms with van der Waals surface area (Å²) in [6.07, 6.45) is 7.81. The molecule has 0 saturated heterocycles. The standard InChI is InChI=1S/C22H16ClN7O2/c23-16-3-1-2-4-17(16)30-18(26-28-21(30)14-7-10-24-11-8-14)5-6-20-27-29-22(32-20)15-9-12-25-19(31)13-15/h1-13,22,29H,(H,25,31)/b6-5+. The fourth-order valence-corrected chi connectivity index (χ4v) is 3.47. The van der Waals surface area contributed by atoms with Crippen molar-refractivity contribution in [2.75, 3.05) is 0 Å². The van der Waals surface area contributed by atoms with Gasteiger partial charge in [0.15, 0.2) is 11.6 Å². The minimum atomic E-state index is -0.550. The van der Waals surface area contributed by atoms with Gasteiger partial charge in [-0.2, -0.15) is 0 Å². The number of hydrogen-bond donors (Lipinski definition) is 2. The first-order chi connectivity index (χ1) is 15.7. The zero-order valence-electron chi connectivity index (χ0n) is 16.5. The minimum absolute atomic E-state index is 0.214. The van der Waals surface area contributed by atoms with Gasteiger partial charge in [-0.05, 0) is 36.4 Å². The molecule has 0 bridgehead atoms. The molecule has 0 fully saturated rings. The Hall–Kier alpha value is -4.24.